The van der Waals surface area contributed by atoms with Crippen LogP contribution in [0, 0.1) is 13.8 Å². The molecular weight excluding hydrogens is 638 g/mol. The Hall–Kier alpha value is -3.81. The maximum atomic E-state index is 13.6. The van der Waals surface area contributed by atoms with Gasteiger partial charge in [0.15, 0.2) is 9.84 Å². The van der Waals surface area contributed by atoms with Crippen LogP contribution >= 0.6 is 0 Å². The van der Waals surface area contributed by atoms with Crippen LogP contribution in [0.5, 0.6) is 5.75 Å². The Morgan fingerprint density at radius 2 is 1.73 bits per heavy atom. The van der Waals surface area contributed by atoms with Crippen molar-refractivity contribution in [2.24, 2.45) is 0 Å². The maximum absolute atomic E-state index is 13.6. The predicted octanol–water partition coefficient (Wildman–Crippen LogP) is 7.23. The molecule has 4 aromatic rings. The van der Waals surface area contributed by atoms with Gasteiger partial charge in [-0.1, -0.05) is 12.1 Å². The molecule has 2 aromatic heterocycles. The smallest absolute Gasteiger partial charge is 0.271 e. The summed E-state index contributed by atoms with van der Waals surface area (Å²) in [6.07, 6.45) is 1.56. The zero-order chi connectivity index (χ0) is 35.0. The van der Waals surface area contributed by atoms with Gasteiger partial charge in [0.05, 0.1) is 33.0 Å². The van der Waals surface area contributed by atoms with Gasteiger partial charge in [0.1, 0.15) is 23.3 Å². The minimum atomic E-state index is -3.58. The van der Waals surface area contributed by atoms with Gasteiger partial charge in [0, 0.05) is 19.7 Å². The van der Waals surface area contributed by atoms with E-state index in [1.54, 1.807) is 38.1 Å². The van der Waals surface area contributed by atoms with E-state index in [0.29, 0.717) is 41.7 Å². The number of aliphatic hydroxyl groups excluding tert-OH is 1. The average Bonchev–Trinajstić information content (AvgIpc) is 3.38. The normalized spacial score (nSPS) is 15.8. The van der Waals surface area contributed by atoms with E-state index >= 15 is 0 Å². The van der Waals surface area contributed by atoms with E-state index < -0.39 is 27.1 Å². The molecule has 0 saturated carbocycles. The Kier molecular flexibility index (Phi) is 10.3. The first-order valence-corrected chi connectivity index (χ1v) is 17.9. The number of para-hydroxylation sites is 1. The van der Waals surface area contributed by atoms with Crippen LogP contribution in [-0.4, -0.2) is 76.4 Å². The van der Waals surface area contributed by atoms with Crippen molar-refractivity contribution < 1.29 is 27.0 Å². The molecule has 0 unspecified atom stereocenters. The predicted molar refractivity (Wildman–Crippen MR) is 186 cm³/mol. The number of benzene rings is 2. The first kappa shape index (κ1) is 35.5. The summed E-state index contributed by atoms with van der Waals surface area (Å²) in [6.45, 7) is 13.1. The molecule has 1 fully saturated rings. The van der Waals surface area contributed by atoms with Crippen molar-refractivity contribution in [2.75, 3.05) is 30.3 Å². The number of aromatic nitrogens is 3. The first-order valence-electron chi connectivity index (χ1n) is 16.4. The molecule has 48 heavy (non-hydrogen) atoms. The van der Waals surface area contributed by atoms with Crippen molar-refractivity contribution in [3.05, 3.63) is 59.3 Å². The molecule has 5 rings (SSSR count). The molecule has 0 bridgehead atoms. The minimum absolute atomic E-state index is 0.0551. The third-order valence-corrected chi connectivity index (χ3v) is 11.0. The summed E-state index contributed by atoms with van der Waals surface area (Å²) >= 11 is 0. The Morgan fingerprint density at radius 1 is 1.04 bits per heavy atom. The first-order chi connectivity index (χ1) is 22.5. The summed E-state index contributed by atoms with van der Waals surface area (Å²) in [5, 5.41) is 16.7. The molecule has 10 nitrogen and oxygen atoms in total. The number of fused-ring (bicyclic) bond motifs is 1. The Balaban J connectivity index is 1.45. The van der Waals surface area contributed by atoms with Gasteiger partial charge in [-0.25, -0.2) is 17.2 Å². The van der Waals surface area contributed by atoms with Crippen LogP contribution in [0.2, 0.25) is 0 Å². The molecule has 0 amide bonds. The molecule has 1 aliphatic heterocycles. The highest BCUT2D eigenvalue weighted by atomic mass is 32.2. The number of likely N-dealkylation sites (tertiary alicyclic amines) is 1. The van der Waals surface area contributed by atoms with E-state index in [9.17, 15) is 22.3 Å². The number of hydrogen-bond donors (Lipinski definition) is 4. The number of aromatic amines is 1. The molecule has 0 spiro atoms. The quantitative estimate of drug-likeness (QED) is 0.122. The number of hydrogen-bond acceptors (Lipinski definition) is 9. The number of nitrogens with one attached hydrogen (secondary N) is 3. The topological polar surface area (TPSA) is 132 Å². The molecule has 13 heteroatoms. The Labute approximate surface area is 281 Å². The second-order valence-electron chi connectivity index (χ2n) is 13.3. The number of ether oxygens (including phenoxy) is 1. The number of β-amino-alcohol motifs (C(OH)–C–C–N with tert-alkyl or cyclic N) is 1. The van der Waals surface area contributed by atoms with Crippen LogP contribution in [0.4, 0.5) is 31.9 Å². The molecule has 1 atom stereocenters. The second-order valence-corrected chi connectivity index (χ2v) is 15.8. The van der Waals surface area contributed by atoms with Gasteiger partial charge in [-0.05, 0) is 114 Å². The van der Waals surface area contributed by atoms with Crippen molar-refractivity contribution >= 4 is 44.0 Å². The number of aryl methyl sites for hydroxylation is 2. The fraction of sp³-hybridized carbons (Fsp3) is 0.486. The van der Waals surface area contributed by atoms with Crippen LogP contribution < -0.4 is 15.4 Å². The zero-order valence-corrected chi connectivity index (χ0v) is 29.4. The van der Waals surface area contributed by atoms with Crippen molar-refractivity contribution in [1.82, 2.24) is 19.9 Å². The summed E-state index contributed by atoms with van der Waals surface area (Å²) < 4.78 is 59.8. The summed E-state index contributed by atoms with van der Waals surface area (Å²) in [7, 11) is -3.58. The van der Waals surface area contributed by atoms with Crippen molar-refractivity contribution in [1.29, 1.82) is 0 Å². The highest BCUT2D eigenvalue weighted by Gasteiger charge is 2.35. The van der Waals surface area contributed by atoms with Gasteiger partial charge in [-0.3, -0.25) is 0 Å². The lowest BCUT2D eigenvalue weighted by atomic mass is 9.86. The van der Waals surface area contributed by atoms with Gasteiger partial charge in [0.2, 0.25) is 5.95 Å². The highest BCUT2D eigenvalue weighted by Crippen LogP contribution is 2.39. The van der Waals surface area contributed by atoms with Gasteiger partial charge < -0.3 is 30.4 Å². The van der Waals surface area contributed by atoms with E-state index in [2.05, 4.69) is 15.6 Å². The summed E-state index contributed by atoms with van der Waals surface area (Å²) in [5.41, 5.74) is 4.73. The largest absolute Gasteiger partial charge is 0.489 e. The lowest BCUT2D eigenvalue weighted by Gasteiger charge is -2.35. The van der Waals surface area contributed by atoms with Crippen LogP contribution in [-0.2, 0) is 9.84 Å². The number of aliphatic hydroxyl groups is 1. The molecule has 0 radical (unpaired) electrons. The monoisotopic (exact) mass is 684 g/mol. The molecule has 2 aromatic carbocycles. The van der Waals surface area contributed by atoms with E-state index in [1.165, 1.54) is 0 Å². The second kappa shape index (κ2) is 14.0. The number of H-pyrrole nitrogens is 1. The van der Waals surface area contributed by atoms with Gasteiger partial charge in [-0.15, -0.1) is 0 Å². The SMILES string of the molecule is Cc1cc(Nc2nc(Nc3ccccc3S(=O)(=O)C(C)C)c3c(C)c[nH]c3n2)c(OC(C)C)cc1C1CCN(C[C@H](O)C(C)(F)F)CC1. The van der Waals surface area contributed by atoms with Gasteiger partial charge in [-0.2, -0.15) is 9.97 Å². The van der Waals surface area contributed by atoms with Gasteiger partial charge in [0.25, 0.3) is 5.92 Å². The summed E-state index contributed by atoms with van der Waals surface area (Å²) in [5.74, 6) is -1.57. The fourth-order valence-corrected chi connectivity index (χ4v) is 7.28. The van der Waals surface area contributed by atoms with Crippen LogP contribution in [0.1, 0.15) is 70.1 Å². The van der Waals surface area contributed by atoms with Crippen molar-refractivity contribution in [3.8, 4) is 5.75 Å². The fourth-order valence-electron chi connectivity index (χ4n) is 6.08. The molecule has 260 valence electrons. The van der Waals surface area contributed by atoms with Gasteiger partial charge >= 0.3 is 0 Å². The number of anilines is 4. The zero-order valence-electron chi connectivity index (χ0n) is 28.6. The molecule has 1 aliphatic rings. The highest BCUT2D eigenvalue weighted by molar-refractivity contribution is 7.92. The molecule has 3 heterocycles. The number of rotatable bonds is 12. The Bertz CT molecular complexity index is 1860. The third kappa shape index (κ3) is 7.74. The van der Waals surface area contributed by atoms with Crippen molar-refractivity contribution in [3.63, 3.8) is 0 Å². The number of sulfone groups is 1. The van der Waals surface area contributed by atoms with E-state index in [-0.39, 0.29) is 29.4 Å². The summed E-state index contributed by atoms with van der Waals surface area (Å²) in [6, 6.07) is 10.8. The average molecular weight is 685 g/mol. The molecular formula is C35H46F2N6O4S. The third-order valence-electron chi connectivity index (χ3n) is 8.82. The lowest BCUT2D eigenvalue weighted by Crippen LogP contribution is -2.44. The molecule has 1 saturated heterocycles. The van der Waals surface area contributed by atoms with Crippen LogP contribution in [0.25, 0.3) is 11.0 Å². The number of nitrogens with zero attached hydrogens (tertiary/aromatic N) is 3. The van der Waals surface area contributed by atoms with E-state index in [0.717, 1.165) is 41.8 Å². The number of piperidine rings is 1. The van der Waals surface area contributed by atoms with Crippen LogP contribution in [0.15, 0.2) is 47.5 Å². The summed E-state index contributed by atoms with van der Waals surface area (Å²) in [4.78, 5) is 14.8. The lowest BCUT2D eigenvalue weighted by molar-refractivity contribution is -0.105. The molecule has 4 N–H and O–H groups in total. The van der Waals surface area contributed by atoms with E-state index in [4.69, 9.17) is 14.7 Å². The molecule has 0 aliphatic carbocycles. The number of alkyl halides is 2. The van der Waals surface area contributed by atoms with Crippen molar-refractivity contribution in [2.45, 2.75) is 95.5 Å². The number of halogens is 2. The van der Waals surface area contributed by atoms with Crippen LogP contribution in [0.3, 0.4) is 0 Å². The Morgan fingerprint density at radius 3 is 2.38 bits per heavy atom. The van der Waals surface area contributed by atoms with E-state index in [1.807, 2.05) is 50.9 Å². The minimum Gasteiger partial charge on any atom is -0.489 e. The maximum Gasteiger partial charge on any atom is 0.271 e. The standard InChI is InChI=1S/C35H46F2N6O4S/c1-20(2)47-28-17-25(24-12-14-43(15-13-24)19-30(44)35(7,36)37)22(5)16-27(28)40-34-41-32-31(23(6)18-38-32)33(42-34)39-26-10-8-9-11-29(26)48(45,46)21(3)4/h8-11,16-18,20-21,24,30,44H,12-15,19H2,1-7H3,(H3,38,39,40,41,42)/t30-/m0/s1.